The van der Waals surface area contributed by atoms with Gasteiger partial charge in [0, 0.05) is 6.54 Å². The molecule has 0 heterocycles. The maximum Gasteiger partial charge on any atom is 0.315 e. The van der Waals surface area contributed by atoms with Crippen LogP contribution in [0.2, 0.25) is 0 Å². The lowest BCUT2D eigenvalue weighted by Crippen LogP contribution is -2.44. The van der Waals surface area contributed by atoms with Crippen LogP contribution in [0.3, 0.4) is 0 Å². The van der Waals surface area contributed by atoms with Gasteiger partial charge in [-0.2, -0.15) is 0 Å². The van der Waals surface area contributed by atoms with Crippen molar-refractivity contribution < 1.29 is 9.53 Å². The highest BCUT2D eigenvalue weighted by Crippen LogP contribution is 1.98. The molecule has 4 nitrogen and oxygen atoms in total. The van der Waals surface area contributed by atoms with Gasteiger partial charge in [-0.05, 0) is 12.8 Å². The van der Waals surface area contributed by atoms with E-state index in [1.54, 1.807) is 0 Å². The van der Waals surface area contributed by atoms with Crippen molar-refractivity contribution >= 4 is 6.03 Å². The molecule has 0 aromatic heterocycles. The van der Waals surface area contributed by atoms with E-state index in [9.17, 15) is 4.79 Å². The molecule has 0 saturated carbocycles. The summed E-state index contributed by atoms with van der Waals surface area (Å²) in [7, 11) is 0. The lowest BCUT2D eigenvalue weighted by atomic mass is 10.1. The SMILES string of the molecule is C#CC(NC(=O)NCCOCC(=C)C)C(C)C. The van der Waals surface area contributed by atoms with Crippen LogP contribution < -0.4 is 10.6 Å². The lowest BCUT2D eigenvalue weighted by molar-refractivity contribution is 0.157. The second-order valence-corrected chi connectivity index (χ2v) is 4.30. The van der Waals surface area contributed by atoms with Gasteiger partial charge in [-0.25, -0.2) is 4.79 Å². The highest BCUT2D eigenvalue weighted by atomic mass is 16.5. The van der Waals surface area contributed by atoms with Gasteiger partial charge in [-0.3, -0.25) is 0 Å². The normalized spacial score (nSPS) is 11.7. The minimum Gasteiger partial charge on any atom is -0.375 e. The lowest BCUT2D eigenvalue weighted by Gasteiger charge is -2.17. The van der Waals surface area contributed by atoms with E-state index in [4.69, 9.17) is 11.2 Å². The molecular weight excluding hydrogens is 216 g/mol. The first-order valence-electron chi connectivity index (χ1n) is 5.70. The van der Waals surface area contributed by atoms with E-state index >= 15 is 0 Å². The predicted octanol–water partition coefficient (Wildman–Crippen LogP) is 1.54. The van der Waals surface area contributed by atoms with Crippen LogP contribution in [0.25, 0.3) is 0 Å². The van der Waals surface area contributed by atoms with Crippen LogP contribution in [0, 0.1) is 18.3 Å². The second-order valence-electron chi connectivity index (χ2n) is 4.30. The molecule has 0 spiro atoms. The summed E-state index contributed by atoms with van der Waals surface area (Å²) in [5.41, 5.74) is 0.960. The van der Waals surface area contributed by atoms with E-state index in [0.717, 1.165) is 5.57 Å². The van der Waals surface area contributed by atoms with Gasteiger partial charge >= 0.3 is 6.03 Å². The molecule has 0 aliphatic carbocycles. The zero-order valence-corrected chi connectivity index (χ0v) is 10.9. The first kappa shape index (κ1) is 15.5. The van der Waals surface area contributed by atoms with E-state index in [1.807, 2.05) is 20.8 Å². The number of amides is 2. The van der Waals surface area contributed by atoms with Crippen LogP contribution in [0.4, 0.5) is 4.79 Å². The predicted molar refractivity (Wildman–Crippen MR) is 69.6 cm³/mol. The van der Waals surface area contributed by atoms with Crippen LogP contribution in [-0.2, 0) is 4.74 Å². The Bertz CT molecular complexity index is 292. The number of urea groups is 1. The molecule has 0 aliphatic rings. The number of rotatable bonds is 7. The molecule has 1 atom stereocenters. The third-order valence-corrected chi connectivity index (χ3v) is 2.01. The number of carbonyl (C=O) groups excluding carboxylic acids is 1. The summed E-state index contributed by atoms with van der Waals surface area (Å²) < 4.78 is 5.24. The van der Waals surface area contributed by atoms with Gasteiger partial charge in [-0.1, -0.05) is 31.9 Å². The molecule has 0 saturated heterocycles. The van der Waals surface area contributed by atoms with Gasteiger partial charge in [0.1, 0.15) is 0 Å². The third-order valence-electron chi connectivity index (χ3n) is 2.01. The molecule has 2 N–H and O–H groups in total. The Balaban J connectivity index is 3.66. The first-order chi connectivity index (χ1) is 7.97. The van der Waals surface area contributed by atoms with Gasteiger partial charge < -0.3 is 15.4 Å². The monoisotopic (exact) mass is 238 g/mol. The van der Waals surface area contributed by atoms with Crippen LogP contribution in [0.15, 0.2) is 12.2 Å². The average Bonchev–Trinajstić information content (AvgIpc) is 2.24. The van der Waals surface area contributed by atoms with E-state index in [0.29, 0.717) is 19.8 Å². The van der Waals surface area contributed by atoms with Crippen molar-refractivity contribution in [1.82, 2.24) is 10.6 Å². The number of ether oxygens (including phenoxy) is 1. The first-order valence-corrected chi connectivity index (χ1v) is 5.70. The van der Waals surface area contributed by atoms with E-state index < -0.39 is 0 Å². The topological polar surface area (TPSA) is 50.4 Å². The zero-order valence-electron chi connectivity index (χ0n) is 10.9. The number of terminal acetylenes is 1. The number of nitrogens with one attached hydrogen (secondary N) is 2. The summed E-state index contributed by atoms with van der Waals surface area (Å²) in [4.78, 5) is 11.4. The summed E-state index contributed by atoms with van der Waals surface area (Å²) in [5.74, 6) is 2.75. The van der Waals surface area contributed by atoms with E-state index in [1.165, 1.54) is 0 Å². The molecule has 17 heavy (non-hydrogen) atoms. The van der Waals surface area contributed by atoms with Crippen LogP contribution in [-0.4, -0.2) is 31.8 Å². The molecule has 96 valence electrons. The Hall–Kier alpha value is -1.47. The van der Waals surface area contributed by atoms with E-state index in [-0.39, 0.29) is 18.0 Å². The molecule has 2 amide bonds. The Labute approximate surface area is 104 Å². The summed E-state index contributed by atoms with van der Waals surface area (Å²) >= 11 is 0. The quantitative estimate of drug-likeness (QED) is 0.401. The van der Waals surface area contributed by atoms with Crippen LogP contribution in [0.1, 0.15) is 20.8 Å². The molecule has 0 aliphatic heterocycles. The highest BCUT2D eigenvalue weighted by molar-refractivity contribution is 5.74. The Morgan fingerprint density at radius 1 is 1.53 bits per heavy atom. The minimum absolute atomic E-state index is 0.213. The molecule has 0 fully saturated rings. The smallest absolute Gasteiger partial charge is 0.315 e. The van der Waals surface area contributed by atoms with Gasteiger partial charge in [0.25, 0.3) is 0 Å². The Morgan fingerprint density at radius 3 is 2.65 bits per heavy atom. The molecule has 4 heteroatoms. The largest absolute Gasteiger partial charge is 0.375 e. The molecule has 0 aromatic carbocycles. The zero-order chi connectivity index (χ0) is 13.3. The van der Waals surface area contributed by atoms with Crippen molar-refractivity contribution in [2.45, 2.75) is 26.8 Å². The fourth-order valence-corrected chi connectivity index (χ4v) is 1.08. The maximum absolute atomic E-state index is 11.4. The molecule has 0 bridgehead atoms. The maximum atomic E-state index is 11.4. The number of carbonyl (C=O) groups is 1. The third kappa shape index (κ3) is 8.35. The second kappa shape index (κ2) is 8.66. The average molecular weight is 238 g/mol. The van der Waals surface area contributed by atoms with E-state index in [2.05, 4.69) is 23.1 Å². The van der Waals surface area contributed by atoms with Gasteiger partial charge in [0.2, 0.25) is 0 Å². The van der Waals surface area contributed by atoms with Crippen molar-refractivity contribution in [3.8, 4) is 12.3 Å². The minimum atomic E-state index is -0.263. The fourth-order valence-electron chi connectivity index (χ4n) is 1.08. The van der Waals surface area contributed by atoms with Crippen LogP contribution >= 0.6 is 0 Å². The fraction of sp³-hybridized carbons (Fsp3) is 0.615. The van der Waals surface area contributed by atoms with Crippen molar-refractivity contribution in [2.24, 2.45) is 5.92 Å². The molecule has 1 unspecified atom stereocenters. The van der Waals surface area contributed by atoms with Crippen molar-refractivity contribution in [1.29, 1.82) is 0 Å². The Kier molecular flexibility index (Phi) is 7.91. The summed E-state index contributed by atoms with van der Waals surface area (Å²) in [6.45, 7) is 10.9. The summed E-state index contributed by atoms with van der Waals surface area (Å²) in [5, 5.41) is 5.38. The molecule has 0 aromatic rings. The van der Waals surface area contributed by atoms with Crippen LogP contribution in [0.5, 0.6) is 0 Å². The van der Waals surface area contributed by atoms with Crippen molar-refractivity contribution in [3.63, 3.8) is 0 Å². The molecule has 0 rings (SSSR count). The highest BCUT2D eigenvalue weighted by Gasteiger charge is 2.12. The molecular formula is C13H22N2O2. The standard InChI is InChI=1S/C13H22N2O2/c1-6-12(11(4)5)15-13(16)14-7-8-17-9-10(2)3/h1,11-12H,2,7-9H2,3-5H3,(H2,14,15,16). The van der Waals surface area contributed by atoms with Gasteiger partial charge in [-0.15, -0.1) is 6.42 Å². The van der Waals surface area contributed by atoms with Crippen molar-refractivity contribution in [3.05, 3.63) is 12.2 Å². The molecule has 0 radical (unpaired) electrons. The van der Waals surface area contributed by atoms with Crippen molar-refractivity contribution in [2.75, 3.05) is 19.8 Å². The van der Waals surface area contributed by atoms with Gasteiger partial charge in [0.05, 0.1) is 19.3 Å². The number of hydrogen-bond donors (Lipinski definition) is 2. The Morgan fingerprint density at radius 2 is 2.18 bits per heavy atom. The number of hydrogen-bond acceptors (Lipinski definition) is 2. The van der Waals surface area contributed by atoms with Gasteiger partial charge in [0.15, 0.2) is 0 Å². The summed E-state index contributed by atoms with van der Waals surface area (Å²) in [6.07, 6.45) is 5.30. The summed E-state index contributed by atoms with van der Waals surface area (Å²) in [6, 6.07) is -0.507.